The molecule has 1 heterocycles. The SMILES string of the molecule is NCC1(CC(=O)NC2(CO)CCOCC2)CCCCC1. The first-order chi connectivity index (χ1) is 9.64. The zero-order valence-corrected chi connectivity index (χ0v) is 12.3. The van der Waals surface area contributed by atoms with E-state index in [0.29, 0.717) is 39.0 Å². The van der Waals surface area contributed by atoms with Gasteiger partial charge in [0.05, 0.1) is 12.1 Å². The van der Waals surface area contributed by atoms with Gasteiger partial charge in [-0.15, -0.1) is 0 Å². The van der Waals surface area contributed by atoms with Crippen LogP contribution in [0.3, 0.4) is 0 Å². The molecule has 0 bridgehead atoms. The van der Waals surface area contributed by atoms with Crippen LogP contribution in [-0.2, 0) is 9.53 Å². The minimum absolute atomic E-state index is 0.0161. The molecule has 0 atom stereocenters. The second kappa shape index (κ2) is 6.87. The van der Waals surface area contributed by atoms with Gasteiger partial charge < -0.3 is 20.9 Å². The highest BCUT2D eigenvalue weighted by Gasteiger charge is 2.37. The number of carbonyl (C=O) groups is 1. The molecule has 116 valence electrons. The van der Waals surface area contributed by atoms with Gasteiger partial charge in [0.15, 0.2) is 0 Å². The Morgan fingerprint density at radius 3 is 2.35 bits per heavy atom. The molecule has 1 saturated heterocycles. The molecule has 4 N–H and O–H groups in total. The van der Waals surface area contributed by atoms with E-state index >= 15 is 0 Å². The Hall–Kier alpha value is -0.650. The Morgan fingerprint density at radius 2 is 1.80 bits per heavy atom. The van der Waals surface area contributed by atoms with Crippen molar-refractivity contribution in [3.8, 4) is 0 Å². The van der Waals surface area contributed by atoms with Gasteiger partial charge in [-0.25, -0.2) is 0 Å². The summed E-state index contributed by atoms with van der Waals surface area (Å²) in [7, 11) is 0. The first-order valence-corrected chi connectivity index (χ1v) is 7.83. The van der Waals surface area contributed by atoms with E-state index in [1.807, 2.05) is 0 Å². The number of nitrogens with two attached hydrogens (primary N) is 1. The zero-order chi connectivity index (χ0) is 14.5. The van der Waals surface area contributed by atoms with Crippen LogP contribution in [-0.4, -0.2) is 42.9 Å². The second-order valence-electron chi connectivity index (χ2n) is 6.54. The summed E-state index contributed by atoms with van der Waals surface area (Å²) in [5.74, 6) is 0.0355. The zero-order valence-electron chi connectivity index (χ0n) is 12.3. The fraction of sp³-hybridized carbons (Fsp3) is 0.933. The summed E-state index contributed by atoms with van der Waals surface area (Å²) >= 11 is 0. The Labute approximate surface area is 121 Å². The van der Waals surface area contributed by atoms with Crippen LogP contribution in [0.4, 0.5) is 0 Å². The lowest BCUT2D eigenvalue weighted by Gasteiger charge is -2.39. The van der Waals surface area contributed by atoms with Crippen LogP contribution in [0.1, 0.15) is 51.4 Å². The minimum atomic E-state index is -0.486. The van der Waals surface area contributed by atoms with Crippen molar-refractivity contribution in [1.82, 2.24) is 5.32 Å². The lowest BCUT2D eigenvalue weighted by Crippen LogP contribution is -2.55. The third-order valence-corrected chi connectivity index (χ3v) is 5.04. The molecule has 5 heteroatoms. The Bertz CT molecular complexity index is 291. The molecule has 0 aromatic rings. The average Bonchev–Trinajstić information content (AvgIpc) is 2.49. The number of aliphatic hydroxyl groups excluding tert-OH is 1. The monoisotopic (exact) mass is 284 g/mol. The van der Waals surface area contributed by atoms with Gasteiger partial charge in [0.25, 0.3) is 0 Å². The number of amides is 1. The van der Waals surface area contributed by atoms with Crippen LogP contribution in [0.5, 0.6) is 0 Å². The van der Waals surface area contributed by atoms with E-state index in [9.17, 15) is 9.90 Å². The number of hydrogen-bond donors (Lipinski definition) is 3. The molecule has 2 rings (SSSR count). The molecule has 1 aliphatic carbocycles. The number of ether oxygens (including phenoxy) is 1. The Balaban J connectivity index is 1.93. The maximum absolute atomic E-state index is 12.4. The van der Waals surface area contributed by atoms with Gasteiger partial charge in [0.2, 0.25) is 5.91 Å². The van der Waals surface area contributed by atoms with Crippen molar-refractivity contribution < 1.29 is 14.6 Å². The van der Waals surface area contributed by atoms with Gasteiger partial charge in [-0.3, -0.25) is 4.79 Å². The smallest absolute Gasteiger partial charge is 0.221 e. The van der Waals surface area contributed by atoms with E-state index in [-0.39, 0.29) is 17.9 Å². The summed E-state index contributed by atoms with van der Waals surface area (Å²) in [4.78, 5) is 12.4. The molecule has 1 saturated carbocycles. The molecular weight excluding hydrogens is 256 g/mol. The van der Waals surface area contributed by atoms with E-state index in [1.165, 1.54) is 19.3 Å². The first-order valence-electron chi connectivity index (χ1n) is 7.83. The summed E-state index contributed by atoms with van der Waals surface area (Å²) in [5, 5.41) is 12.7. The van der Waals surface area contributed by atoms with Crippen molar-refractivity contribution in [3.63, 3.8) is 0 Å². The van der Waals surface area contributed by atoms with E-state index in [1.54, 1.807) is 0 Å². The van der Waals surface area contributed by atoms with Crippen LogP contribution in [0.25, 0.3) is 0 Å². The summed E-state index contributed by atoms with van der Waals surface area (Å²) in [6.45, 7) is 1.76. The molecule has 1 aliphatic heterocycles. The van der Waals surface area contributed by atoms with Crippen molar-refractivity contribution in [2.24, 2.45) is 11.1 Å². The summed E-state index contributed by atoms with van der Waals surface area (Å²) < 4.78 is 5.32. The van der Waals surface area contributed by atoms with Crippen LogP contribution in [0, 0.1) is 5.41 Å². The molecule has 0 unspecified atom stereocenters. The third kappa shape index (κ3) is 3.71. The normalized spacial score (nSPS) is 25.1. The maximum atomic E-state index is 12.4. The average molecular weight is 284 g/mol. The fourth-order valence-corrected chi connectivity index (χ4v) is 3.52. The van der Waals surface area contributed by atoms with Crippen LogP contribution in [0.2, 0.25) is 0 Å². The highest BCUT2D eigenvalue weighted by Crippen LogP contribution is 2.38. The van der Waals surface area contributed by atoms with Gasteiger partial charge in [0, 0.05) is 19.6 Å². The van der Waals surface area contributed by atoms with E-state index in [0.717, 1.165) is 12.8 Å². The molecular formula is C15H28N2O3. The number of carbonyl (C=O) groups excluding carboxylic acids is 1. The summed E-state index contributed by atoms with van der Waals surface area (Å²) in [6.07, 6.45) is 7.55. The Kier molecular flexibility index (Phi) is 5.41. The van der Waals surface area contributed by atoms with Gasteiger partial charge >= 0.3 is 0 Å². The van der Waals surface area contributed by atoms with Crippen molar-refractivity contribution in [3.05, 3.63) is 0 Å². The summed E-state index contributed by atoms with van der Waals surface area (Å²) in [5.41, 5.74) is 5.43. The number of aliphatic hydroxyl groups is 1. The van der Waals surface area contributed by atoms with Gasteiger partial charge in [-0.2, -0.15) is 0 Å². The lowest BCUT2D eigenvalue weighted by molar-refractivity contribution is -0.128. The minimum Gasteiger partial charge on any atom is -0.394 e. The molecule has 20 heavy (non-hydrogen) atoms. The van der Waals surface area contributed by atoms with Gasteiger partial charge in [-0.1, -0.05) is 19.3 Å². The number of nitrogens with one attached hydrogen (secondary N) is 1. The topological polar surface area (TPSA) is 84.6 Å². The highest BCUT2D eigenvalue weighted by molar-refractivity contribution is 5.77. The molecule has 2 aliphatic rings. The molecule has 5 nitrogen and oxygen atoms in total. The van der Waals surface area contributed by atoms with Crippen molar-refractivity contribution >= 4 is 5.91 Å². The lowest BCUT2D eigenvalue weighted by atomic mass is 9.71. The second-order valence-corrected chi connectivity index (χ2v) is 6.54. The summed E-state index contributed by atoms with van der Waals surface area (Å²) in [6, 6.07) is 0. The number of hydrogen-bond acceptors (Lipinski definition) is 4. The van der Waals surface area contributed by atoms with Crippen molar-refractivity contribution in [2.45, 2.75) is 56.9 Å². The standard InChI is InChI=1S/C15H28N2O3/c16-11-14(4-2-1-3-5-14)10-13(19)17-15(12-18)6-8-20-9-7-15/h18H,1-12,16H2,(H,17,19). The molecule has 0 aromatic carbocycles. The van der Waals surface area contributed by atoms with Gasteiger partial charge in [-0.05, 0) is 37.6 Å². The number of rotatable bonds is 5. The maximum Gasteiger partial charge on any atom is 0.221 e. The van der Waals surface area contributed by atoms with Crippen molar-refractivity contribution in [1.29, 1.82) is 0 Å². The highest BCUT2D eigenvalue weighted by atomic mass is 16.5. The third-order valence-electron chi connectivity index (χ3n) is 5.04. The largest absolute Gasteiger partial charge is 0.394 e. The van der Waals surface area contributed by atoms with E-state index in [4.69, 9.17) is 10.5 Å². The van der Waals surface area contributed by atoms with Crippen molar-refractivity contribution in [2.75, 3.05) is 26.4 Å². The molecule has 2 fully saturated rings. The first kappa shape index (κ1) is 15.7. The Morgan fingerprint density at radius 1 is 1.15 bits per heavy atom. The predicted molar refractivity (Wildman–Crippen MR) is 77.2 cm³/mol. The van der Waals surface area contributed by atoms with Crippen LogP contribution >= 0.6 is 0 Å². The van der Waals surface area contributed by atoms with E-state index < -0.39 is 5.54 Å². The van der Waals surface area contributed by atoms with Crippen LogP contribution < -0.4 is 11.1 Å². The quantitative estimate of drug-likeness (QED) is 0.701. The molecule has 0 radical (unpaired) electrons. The van der Waals surface area contributed by atoms with Gasteiger partial charge in [0.1, 0.15) is 0 Å². The predicted octanol–water partition coefficient (Wildman–Crippen LogP) is 0.943. The van der Waals surface area contributed by atoms with Crippen LogP contribution in [0.15, 0.2) is 0 Å². The van der Waals surface area contributed by atoms with E-state index in [2.05, 4.69) is 5.32 Å². The molecule has 0 spiro atoms. The molecule has 1 amide bonds. The fourth-order valence-electron chi connectivity index (χ4n) is 3.52. The molecule has 0 aromatic heterocycles.